The van der Waals surface area contributed by atoms with E-state index < -0.39 is 6.61 Å². The van der Waals surface area contributed by atoms with E-state index in [1.807, 2.05) is 0 Å². The number of ether oxygens (including phenoxy) is 2. The van der Waals surface area contributed by atoms with Crippen molar-refractivity contribution in [2.45, 2.75) is 13.2 Å². The number of nitrogens with zero attached hydrogens (tertiary/aromatic N) is 1. The molecule has 0 radical (unpaired) electrons. The molecule has 0 saturated heterocycles. The fourth-order valence-electron chi connectivity index (χ4n) is 1.95. The van der Waals surface area contributed by atoms with E-state index in [1.165, 1.54) is 37.6 Å². The molecule has 0 fully saturated rings. The molecule has 26 heavy (non-hydrogen) atoms. The van der Waals surface area contributed by atoms with Crippen LogP contribution in [0.1, 0.15) is 11.1 Å². The third-order valence-electron chi connectivity index (χ3n) is 3.15. The summed E-state index contributed by atoms with van der Waals surface area (Å²) < 4.78 is 46.8. The van der Waals surface area contributed by atoms with Crippen molar-refractivity contribution in [3.8, 4) is 11.5 Å². The highest BCUT2D eigenvalue weighted by molar-refractivity contribution is 7.80. The van der Waals surface area contributed by atoms with Crippen LogP contribution in [0.4, 0.5) is 13.2 Å². The van der Waals surface area contributed by atoms with Crippen molar-refractivity contribution in [3.05, 3.63) is 59.4 Å². The highest BCUT2D eigenvalue weighted by Crippen LogP contribution is 2.28. The Morgan fingerprint density at radius 2 is 1.92 bits per heavy atom. The van der Waals surface area contributed by atoms with Gasteiger partial charge in [0.15, 0.2) is 16.6 Å². The van der Waals surface area contributed by atoms with Crippen molar-refractivity contribution in [2.24, 2.45) is 5.10 Å². The van der Waals surface area contributed by atoms with Gasteiger partial charge in [-0.15, -0.1) is 0 Å². The van der Waals surface area contributed by atoms with Crippen LogP contribution < -0.4 is 20.2 Å². The summed E-state index contributed by atoms with van der Waals surface area (Å²) in [6.07, 6.45) is 1.44. The molecule has 0 heterocycles. The number of benzene rings is 2. The predicted octanol–water partition coefficient (Wildman–Crippen LogP) is 3.43. The molecule has 0 unspecified atom stereocenters. The zero-order valence-electron chi connectivity index (χ0n) is 13.7. The lowest BCUT2D eigenvalue weighted by atomic mass is 10.2. The van der Waals surface area contributed by atoms with Crippen molar-refractivity contribution in [3.63, 3.8) is 0 Å². The second-order valence-corrected chi connectivity index (χ2v) is 5.38. The Kier molecular flexibility index (Phi) is 7.22. The van der Waals surface area contributed by atoms with Gasteiger partial charge in [0.25, 0.3) is 0 Å². The third-order valence-corrected chi connectivity index (χ3v) is 3.39. The Balaban J connectivity index is 1.86. The van der Waals surface area contributed by atoms with Crippen LogP contribution in [0.2, 0.25) is 0 Å². The first-order chi connectivity index (χ1) is 12.5. The predicted molar refractivity (Wildman–Crippen MR) is 96.2 cm³/mol. The molecular formula is C17H16F3N3O2S. The van der Waals surface area contributed by atoms with Gasteiger partial charge in [-0.25, -0.2) is 4.39 Å². The first kappa shape index (κ1) is 19.5. The first-order valence-electron chi connectivity index (χ1n) is 7.42. The highest BCUT2D eigenvalue weighted by Gasteiger charge is 2.10. The molecular weight excluding hydrogens is 367 g/mol. The number of halogens is 3. The minimum atomic E-state index is -2.94. The van der Waals surface area contributed by atoms with Gasteiger partial charge in [-0.2, -0.15) is 13.9 Å². The number of alkyl halides is 2. The van der Waals surface area contributed by atoms with Gasteiger partial charge in [0.05, 0.1) is 13.3 Å². The van der Waals surface area contributed by atoms with Crippen molar-refractivity contribution < 1.29 is 22.6 Å². The molecule has 2 aromatic carbocycles. The molecule has 0 aliphatic carbocycles. The van der Waals surface area contributed by atoms with Crippen LogP contribution in [-0.4, -0.2) is 25.0 Å². The number of rotatable bonds is 7. The molecule has 0 atom stereocenters. The molecule has 2 N–H and O–H groups in total. The average Bonchev–Trinajstić information content (AvgIpc) is 2.62. The van der Waals surface area contributed by atoms with E-state index in [1.54, 1.807) is 18.2 Å². The molecule has 9 heteroatoms. The van der Waals surface area contributed by atoms with E-state index in [4.69, 9.17) is 17.0 Å². The smallest absolute Gasteiger partial charge is 0.387 e. The summed E-state index contributed by atoms with van der Waals surface area (Å²) in [5.41, 5.74) is 4.08. The second-order valence-electron chi connectivity index (χ2n) is 4.97. The molecule has 0 saturated carbocycles. The first-order valence-corrected chi connectivity index (χ1v) is 7.83. The zero-order chi connectivity index (χ0) is 18.9. The van der Waals surface area contributed by atoms with Crippen LogP contribution in [0.3, 0.4) is 0 Å². The summed E-state index contributed by atoms with van der Waals surface area (Å²) in [4.78, 5) is 0. The van der Waals surface area contributed by atoms with Gasteiger partial charge in [-0.3, -0.25) is 5.43 Å². The number of hydrazone groups is 1. The normalized spacial score (nSPS) is 10.8. The van der Waals surface area contributed by atoms with Gasteiger partial charge >= 0.3 is 6.61 Å². The topological polar surface area (TPSA) is 54.9 Å². The maximum atomic E-state index is 12.8. The lowest BCUT2D eigenvalue weighted by molar-refractivity contribution is -0.0512. The number of hydrogen-bond donors (Lipinski definition) is 2. The monoisotopic (exact) mass is 383 g/mol. The Bertz CT molecular complexity index is 770. The van der Waals surface area contributed by atoms with Crippen molar-refractivity contribution in [2.75, 3.05) is 7.11 Å². The molecule has 5 nitrogen and oxygen atoms in total. The fraction of sp³-hybridized carbons (Fsp3) is 0.176. The Morgan fingerprint density at radius 3 is 2.58 bits per heavy atom. The minimum Gasteiger partial charge on any atom is -0.493 e. The molecule has 2 rings (SSSR count). The number of methoxy groups -OCH3 is 1. The molecule has 2 aromatic rings. The molecule has 0 aromatic heterocycles. The summed E-state index contributed by atoms with van der Waals surface area (Å²) in [5.74, 6) is -0.213. The van der Waals surface area contributed by atoms with Crippen LogP contribution in [0.25, 0.3) is 0 Å². The summed E-state index contributed by atoms with van der Waals surface area (Å²) >= 11 is 5.07. The van der Waals surface area contributed by atoms with Gasteiger partial charge in [0.2, 0.25) is 0 Å². The fourth-order valence-corrected chi connectivity index (χ4v) is 2.07. The average molecular weight is 383 g/mol. The molecule has 0 spiro atoms. The lowest BCUT2D eigenvalue weighted by Crippen LogP contribution is -2.31. The van der Waals surface area contributed by atoms with E-state index in [2.05, 4.69) is 20.6 Å². The third kappa shape index (κ3) is 6.25. The molecule has 0 aliphatic heterocycles. The SMILES string of the molecule is COc1cc(/C=N\NC(=S)NCc2ccc(F)cc2)ccc1OC(F)F. The van der Waals surface area contributed by atoms with Crippen LogP contribution >= 0.6 is 12.2 Å². The van der Waals surface area contributed by atoms with Crippen molar-refractivity contribution in [1.29, 1.82) is 0 Å². The number of thiocarbonyl (C=S) groups is 1. The quantitative estimate of drug-likeness (QED) is 0.436. The van der Waals surface area contributed by atoms with Gasteiger partial charge in [0, 0.05) is 6.54 Å². The Hall–Kier alpha value is -2.81. The van der Waals surface area contributed by atoms with Crippen LogP contribution in [-0.2, 0) is 6.54 Å². The maximum Gasteiger partial charge on any atom is 0.387 e. The molecule has 138 valence electrons. The summed E-state index contributed by atoms with van der Waals surface area (Å²) in [7, 11) is 1.35. The minimum absolute atomic E-state index is 0.0657. The van der Waals surface area contributed by atoms with Crippen molar-refractivity contribution >= 4 is 23.5 Å². The van der Waals surface area contributed by atoms with E-state index in [9.17, 15) is 13.2 Å². The molecule has 0 bridgehead atoms. The van der Waals surface area contributed by atoms with E-state index >= 15 is 0 Å². The van der Waals surface area contributed by atoms with Gasteiger partial charge < -0.3 is 14.8 Å². The Morgan fingerprint density at radius 1 is 1.19 bits per heavy atom. The maximum absolute atomic E-state index is 12.8. The Labute approximate surface area is 153 Å². The zero-order valence-corrected chi connectivity index (χ0v) is 14.5. The van der Waals surface area contributed by atoms with Gasteiger partial charge in [-0.05, 0) is 53.7 Å². The number of nitrogens with one attached hydrogen (secondary N) is 2. The van der Waals surface area contributed by atoms with E-state index in [0.29, 0.717) is 12.1 Å². The second kappa shape index (κ2) is 9.62. The summed E-state index contributed by atoms with van der Waals surface area (Å²) in [6.45, 7) is -2.52. The van der Waals surface area contributed by atoms with Gasteiger partial charge in [0.1, 0.15) is 5.82 Å². The van der Waals surface area contributed by atoms with Crippen LogP contribution in [0.5, 0.6) is 11.5 Å². The standard InChI is InChI=1S/C17H16F3N3O2S/c1-24-15-8-12(4-7-14(15)25-16(19)20)10-22-23-17(26)21-9-11-2-5-13(18)6-3-11/h2-8,10,16H,9H2,1H3,(H2,21,23,26)/b22-10-. The molecule has 0 amide bonds. The highest BCUT2D eigenvalue weighted by atomic mass is 32.1. The summed E-state index contributed by atoms with van der Waals surface area (Å²) in [6, 6.07) is 10.4. The van der Waals surface area contributed by atoms with Crippen LogP contribution in [0.15, 0.2) is 47.6 Å². The largest absolute Gasteiger partial charge is 0.493 e. The van der Waals surface area contributed by atoms with Crippen LogP contribution in [0, 0.1) is 5.82 Å². The summed E-state index contributed by atoms with van der Waals surface area (Å²) in [5, 5.41) is 7.14. The van der Waals surface area contributed by atoms with Gasteiger partial charge in [-0.1, -0.05) is 12.1 Å². The number of hydrogen-bond acceptors (Lipinski definition) is 4. The molecule has 0 aliphatic rings. The van der Waals surface area contributed by atoms with E-state index in [0.717, 1.165) is 5.56 Å². The lowest BCUT2D eigenvalue weighted by Gasteiger charge is -2.10. The van der Waals surface area contributed by atoms with Crippen molar-refractivity contribution in [1.82, 2.24) is 10.7 Å². The van der Waals surface area contributed by atoms with E-state index in [-0.39, 0.29) is 22.4 Å².